The van der Waals surface area contributed by atoms with Crippen molar-refractivity contribution in [2.45, 2.75) is 26.2 Å². The molecular weight excluding hydrogens is 234 g/mol. The molecule has 1 aromatic heterocycles. The fourth-order valence-electron chi connectivity index (χ4n) is 2.43. The highest BCUT2D eigenvalue weighted by Crippen LogP contribution is 2.29. The fraction of sp³-hybridized carbons (Fsp3) is 0.615. The van der Waals surface area contributed by atoms with Crippen LogP contribution in [0, 0.1) is 5.41 Å². The Morgan fingerprint density at radius 3 is 3.12 bits per heavy atom. The monoisotopic (exact) mass is 253 g/mol. The molecule has 1 fully saturated rings. The van der Waals surface area contributed by atoms with Gasteiger partial charge in [-0.3, -0.25) is 4.79 Å². The number of carboxylic acid groups (broad SMARTS) is 1. The summed E-state index contributed by atoms with van der Waals surface area (Å²) in [5.74, 6) is -0.655. The van der Waals surface area contributed by atoms with E-state index in [4.69, 9.17) is 0 Å². The number of hydrogen-bond acceptors (Lipinski definition) is 3. The van der Waals surface area contributed by atoms with Gasteiger partial charge in [0.1, 0.15) is 0 Å². The van der Waals surface area contributed by atoms with Crippen LogP contribution < -0.4 is 0 Å². The van der Waals surface area contributed by atoms with Crippen molar-refractivity contribution >= 4 is 17.3 Å². The fourth-order valence-corrected chi connectivity index (χ4v) is 3.14. The largest absolute Gasteiger partial charge is 0.481 e. The molecule has 3 nitrogen and oxygen atoms in total. The number of carboxylic acids is 1. The van der Waals surface area contributed by atoms with Crippen LogP contribution >= 0.6 is 11.3 Å². The minimum atomic E-state index is -0.655. The first-order valence-corrected chi connectivity index (χ1v) is 7.01. The maximum atomic E-state index is 11.2. The third kappa shape index (κ3) is 3.07. The molecule has 2 rings (SSSR count). The van der Waals surface area contributed by atoms with Gasteiger partial charge in [0.05, 0.1) is 5.41 Å². The van der Waals surface area contributed by atoms with E-state index in [1.165, 1.54) is 5.56 Å². The van der Waals surface area contributed by atoms with Crippen molar-refractivity contribution in [3.8, 4) is 0 Å². The Kier molecular flexibility index (Phi) is 3.84. The Morgan fingerprint density at radius 1 is 1.65 bits per heavy atom. The summed E-state index contributed by atoms with van der Waals surface area (Å²) in [4.78, 5) is 13.5. The highest BCUT2D eigenvalue weighted by Gasteiger charge is 2.37. The predicted octanol–water partition coefficient (Wildman–Crippen LogP) is 2.48. The predicted molar refractivity (Wildman–Crippen MR) is 69.4 cm³/mol. The van der Waals surface area contributed by atoms with Gasteiger partial charge in [-0.05, 0) is 55.1 Å². The minimum absolute atomic E-state index is 0.549. The molecule has 4 heteroatoms. The van der Waals surface area contributed by atoms with Gasteiger partial charge in [-0.1, -0.05) is 0 Å². The average Bonchev–Trinajstić information content (AvgIpc) is 2.79. The number of piperidine rings is 1. The minimum Gasteiger partial charge on any atom is -0.481 e. The molecule has 0 spiro atoms. The molecule has 0 saturated carbocycles. The SMILES string of the molecule is CC1(C(=O)O)CCCN(CCc2ccsc2)C1. The Hall–Kier alpha value is -0.870. The van der Waals surface area contributed by atoms with Crippen LogP contribution in [0.25, 0.3) is 0 Å². The lowest BCUT2D eigenvalue weighted by atomic mass is 9.82. The molecule has 17 heavy (non-hydrogen) atoms. The molecule has 1 aromatic rings. The van der Waals surface area contributed by atoms with E-state index in [-0.39, 0.29) is 0 Å². The summed E-state index contributed by atoms with van der Waals surface area (Å²) >= 11 is 1.72. The van der Waals surface area contributed by atoms with E-state index in [0.717, 1.165) is 32.4 Å². The van der Waals surface area contributed by atoms with Crippen LogP contribution in [0.2, 0.25) is 0 Å². The van der Waals surface area contributed by atoms with Gasteiger partial charge in [0, 0.05) is 13.1 Å². The van der Waals surface area contributed by atoms with Crippen LogP contribution in [0.1, 0.15) is 25.3 Å². The second-order valence-corrected chi connectivity index (χ2v) is 5.91. The summed E-state index contributed by atoms with van der Waals surface area (Å²) in [6.45, 7) is 4.56. The average molecular weight is 253 g/mol. The molecule has 2 heterocycles. The molecule has 0 aliphatic carbocycles. The van der Waals surface area contributed by atoms with E-state index in [9.17, 15) is 9.90 Å². The Balaban J connectivity index is 1.87. The zero-order valence-electron chi connectivity index (χ0n) is 10.2. The summed E-state index contributed by atoms with van der Waals surface area (Å²) < 4.78 is 0. The summed E-state index contributed by atoms with van der Waals surface area (Å²) in [5, 5.41) is 13.5. The smallest absolute Gasteiger partial charge is 0.310 e. The Labute approximate surface area is 106 Å². The number of aliphatic carboxylic acids is 1. The maximum Gasteiger partial charge on any atom is 0.310 e. The lowest BCUT2D eigenvalue weighted by Gasteiger charge is -2.37. The van der Waals surface area contributed by atoms with Gasteiger partial charge in [0.25, 0.3) is 0 Å². The quantitative estimate of drug-likeness (QED) is 0.896. The molecule has 1 aliphatic heterocycles. The molecule has 1 saturated heterocycles. The third-order valence-electron chi connectivity index (χ3n) is 3.59. The van der Waals surface area contributed by atoms with E-state index in [1.807, 2.05) is 6.92 Å². The Morgan fingerprint density at radius 2 is 2.47 bits per heavy atom. The zero-order chi connectivity index (χ0) is 12.3. The molecule has 94 valence electrons. The van der Waals surface area contributed by atoms with Crippen molar-refractivity contribution in [3.63, 3.8) is 0 Å². The number of hydrogen-bond donors (Lipinski definition) is 1. The first-order valence-electron chi connectivity index (χ1n) is 6.07. The lowest BCUT2D eigenvalue weighted by molar-refractivity contribution is -0.151. The van der Waals surface area contributed by atoms with Gasteiger partial charge in [0.15, 0.2) is 0 Å². The van der Waals surface area contributed by atoms with E-state index in [0.29, 0.717) is 6.54 Å². The van der Waals surface area contributed by atoms with E-state index in [2.05, 4.69) is 21.7 Å². The van der Waals surface area contributed by atoms with Crippen LogP contribution in [0.3, 0.4) is 0 Å². The molecule has 1 atom stereocenters. The normalized spacial score (nSPS) is 25.9. The standard InChI is InChI=1S/C13H19NO2S/c1-13(12(15)16)5-2-6-14(10-13)7-3-11-4-8-17-9-11/h4,8-9H,2-3,5-7,10H2,1H3,(H,15,16). The number of thiophene rings is 1. The molecule has 0 aromatic carbocycles. The van der Waals surface area contributed by atoms with Crippen LogP contribution in [0.15, 0.2) is 16.8 Å². The van der Waals surface area contributed by atoms with Crippen molar-refractivity contribution in [2.24, 2.45) is 5.41 Å². The van der Waals surface area contributed by atoms with Crippen molar-refractivity contribution < 1.29 is 9.90 Å². The topological polar surface area (TPSA) is 40.5 Å². The van der Waals surface area contributed by atoms with Crippen molar-refractivity contribution in [2.75, 3.05) is 19.6 Å². The van der Waals surface area contributed by atoms with Crippen molar-refractivity contribution in [1.82, 2.24) is 4.90 Å². The van der Waals surface area contributed by atoms with Crippen molar-refractivity contribution in [3.05, 3.63) is 22.4 Å². The van der Waals surface area contributed by atoms with Gasteiger partial charge < -0.3 is 10.0 Å². The Bertz CT molecular complexity index is 377. The number of rotatable bonds is 4. The molecule has 1 aliphatic rings. The second kappa shape index (κ2) is 5.19. The molecule has 0 bridgehead atoms. The van der Waals surface area contributed by atoms with Gasteiger partial charge >= 0.3 is 5.97 Å². The van der Waals surface area contributed by atoms with Crippen molar-refractivity contribution in [1.29, 1.82) is 0 Å². The van der Waals surface area contributed by atoms with Gasteiger partial charge in [0.2, 0.25) is 0 Å². The van der Waals surface area contributed by atoms with E-state index >= 15 is 0 Å². The van der Waals surface area contributed by atoms with Gasteiger partial charge in [-0.15, -0.1) is 0 Å². The molecule has 0 radical (unpaired) electrons. The first kappa shape index (κ1) is 12.6. The molecule has 1 unspecified atom stereocenters. The lowest BCUT2D eigenvalue weighted by Crippen LogP contribution is -2.46. The highest BCUT2D eigenvalue weighted by atomic mass is 32.1. The third-order valence-corrected chi connectivity index (χ3v) is 4.32. The summed E-state index contributed by atoms with van der Waals surface area (Å²) in [7, 11) is 0. The number of nitrogens with zero attached hydrogens (tertiary/aromatic N) is 1. The van der Waals surface area contributed by atoms with Crippen LogP contribution in [-0.4, -0.2) is 35.6 Å². The van der Waals surface area contributed by atoms with Gasteiger partial charge in [-0.2, -0.15) is 11.3 Å². The van der Waals surface area contributed by atoms with Crippen LogP contribution in [0.5, 0.6) is 0 Å². The first-order chi connectivity index (χ1) is 8.10. The van der Waals surface area contributed by atoms with E-state index in [1.54, 1.807) is 11.3 Å². The zero-order valence-corrected chi connectivity index (χ0v) is 11.0. The summed E-state index contributed by atoms with van der Waals surface area (Å²) in [6, 6.07) is 2.14. The van der Waals surface area contributed by atoms with Gasteiger partial charge in [-0.25, -0.2) is 0 Å². The summed E-state index contributed by atoms with van der Waals surface area (Å²) in [6.07, 6.45) is 2.82. The van der Waals surface area contributed by atoms with E-state index < -0.39 is 11.4 Å². The summed E-state index contributed by atoms with van der Waals surface area (Å²) in [5.41, 5.74) is 0.810. The molecule has 0 amide bonds. The molecular formula is C13H19NO2S. The number of likely N-dealkylation sites (tertiary alicyclic amines) is 1. The molecule has 1 N–H and O–H groups in total. The highest BCUT2D eigenvalue weighted by molar-refractivity contribution is 7.07. The van der Waals surface area contributed by atoms with Crippen LogP contribution in [0.4, 0.5) is 0 Å². The second-order valence-electron chi connectivity index (χ2n) is 5.13. The number of carbonyl (C=O) groups is 1. The maximum absolute atomic E-state index is 11.2. The van der Waals surface area contributed by atoms with Crippen LogP contribution in [-0.2, 0) is 11.2 Å².